The van der Waals surface area contributed by atoms with Crippen LogP contribution in [0, 0.1) is 5.82 Å². The van der Waals surface area contributed by atoms with Crippen molar-refractivity contribution in [2.24, 2.45) is 15.7 Å². The summed E-state index contributed by atoms with van der Waals surface area (Å²) in [7, 11) is 0. The van der Waals surface area contributed by atoms with E-state index in [1.54, 1.807) is 18.2 Å². The average molecular weight is 453 g/mol. The van der Waals surface area contributed by atoms with Crippen LogP contribution in [0.2, 0.25) is 0 Å². The lowest BCUT2D eigenvalue weighted by Gasteiger charge is -2.25. The Morgan fingerprint density at radius 1 is 1.16 bits per heavy atom. The molecule has 0 aliphatic carbocycles. The number of carbonyl (C=O) groups excluding carboxylic acids is 3. The van der Waals surface area contributed by atoms with Gasteiger partial charge in [-0.2, -0.15) is 0 Å². The number of nitrogens with zero attached hydrogens (tertiary/aromatic N) is 3. The first kappa shape index (κ1) is 21.7. The summed E-state index contributed by atoms with van der Waals surface area (Å²) in [4.78, 5) is 47.0. The summed E-state index contributed by atoms with van der Waals surface area (Å²) in [5.41, 5.74) is 7.39. The van der Waals surface area contributed by atoms with Crippen molar-refractivity contribution >= 4 is 46.2 Å². The maximum absolute atomic E-state index is 13.1. The normalized spacial score (nSPS) is 16.7. The van der Waals surface area contributed by atoms with Gasteiger partial charge in [0.25, 0.3) is 5.91 Å². The summed E-state index contributed by atoms with van der Waals surface area (Å²) in [5, 5.41) is 3.11. The largest absolute Gasteiger partial charge is 0.369 e. The van der Waals surface area contributed by atoms with Crippen LogP contribution in [0.15, 0.2) is 58.5 Å². The number of para-hydroxylation sites is 1. The van der Waals surface area contributed by atoms with Gasteiger partial charge in [0, 0.05) is 18.5 Å². The van der Waals surface area contributed by atoms with Gasteiger partial charge in [-0.15, -0.1) is 0 Å². The van der Waals surface area contributed by atoms with E-state index in [-0.39, 0.29) is 42.8 Å². The number of rotatable bonds is 7. The van der Waals surface area contributed by atoms with Crippen molar-refractivity contribution in [1.29, 1.82) is 0 Å². The number of thioether (sulfide) groups is 1. The lowest BCUT2D eigenvalue weighted by molar-refractivity contribution is -0.125. The Hall–Kier alpha value is -3.53. The SMILES string of the molecule is NC(=O)CSC1=Nc2ccccc2C2=N[C@@H](CCC(=O)NCc3ccc(F)cc3)C(=O)N12. The van der Waals surface area contributed by atoms with E-state index in [9.17, 15) is 18.8 Å². The molecule has 1 atom stereocenters. The lowest BCUT2D eigenvalue weighted by Crippen LogP contribution is -2.41. The van der Waals surface area contributed by atoms with E-state index in [2.05, 4.69) is 15.3 Å². The number of primary amides is 1. The van der Waals surface area contributed by atoms with Crippen LogP contribution in [-0.2, 0) is 20.9 Å². The molecule has 32 heavy (non-hydrogen) atoms. The van der Waals surface area contributed by atoms with Gasteiger partial charge in [-0.25, -0.2) is 14.3 Å². The van der Waals surface area contributed by atoms with Crippen molar-refractivity contribution in [2.45, 2.75) is 25.4 Å². The maximum atomic E-state index is 13.1. The minimum Gasteiger partial charge on any atom is -0.369 e. The Morgan fingerprint density at radius 2 is 1.91 bits per heavy atom. The van der Waals surface area contributed by atoms with Gasteiger partial charge >= 0.3 is 0 Å². The topological polar surface area (TPSA) is 117 Å². The maximum Gasteiger partial charge on any atom is 0.259 e. The number of amidine groups is 2. The first-order valence-corrected chi connectivity index (χ1v) is 10.9. The van der Waals surface area contributed by atoms with E-state index in [0.29, 0.717) is 22.3 Å². The first-order chi connectivity index (χ1) is 15.4. The van der Waals surface area contributed by atoms with E-state index >= 15 is 0 Å². The molecule has 2 heterocycles. The number of hydrogen-bond donors (Lipinski definition) is 2. The Morgan fingerprint density at radius 3 is 2.66 bits per heavy atom. The fourth-order valence-corrected chi connectivity index (χ4v) is 4.12. The van der Waals surface area contributed by atoms with Crippen LogP contribution in [0.1, 0.15) is 24.0 Å². The third-order valence-electron chi connectivity index (χ3n) is 4.94. The third-order valence-corrected chi connectivity index (χ3v) is 5.90. The van der Waals surface area contributed by atoms with Crippen molar-refractivity contribution in [3.8, 4) is 0 Å². The molecule has 2 aliphatic rings. The summed E-state index contributed by atoms with van der Waals surface area (Å²) in [6, 6.07) is 12.4. The molecule has 0 unspecified atom stereocenters. The highest BCUT2D eigenvalue weighted by Gasteiger charge is 2.41. The summed E-state index contributed by atoms with van der Waals surface area (Å²) in [5.74, 6) is -0.940. The Balaban J connectivity index is 1.43. The van der Waals surface area contributed by atoms with Crippen molar-refractivity contribution in [2.75, 3.05) is 5.75 Å². The molecule has 2 aliphatic heterocycles. The van der Waals surface area contributed by atoms with Gasteiger partial charge < -0.3 is 11.1 Å². The molecule has 2 aromatic carbocycles. The summed E-state index contributed by atoms with van der Waals surface area (Å²) < 4.78 is 13.0. The van der Waals surface area contributed by atoms with Crippen LogP contribution >= 0.6 is 11.8 Å². The first-order valence-electron chi connectivity index (χ1n) is 9.94. The second kappa shape index (κ2) is 9.31. The molecule has 8 nitrogen and oxygen atoms in total. The van der Waals surface area contributed by atoms with Gasteiger partial charge in [-0.05, 0) is 36.2 Å². The Kier molecular flexibility index (Phi) is 6.31. The molecular weight excluding hydrogens is 433 g/mol. The molecule has 0 radical (unpaired) electrons. The van der Waals surface area contributed by atoms with E-state index < -0.39 is 11.9 Å². The second-order valence-corrected chi connectivity index (χ2v) is 8.19. The second-order valence-electron chi connectivity index (χ2n) is 7.25. The fraction of sp³-hybridized carbons (Fsp3) is 0.227. The lowest BCUT2D eigenvalue weighted by atomic mass is 10.1. The van der Waals surface area contributed by atoms with Crippen molar-refractivity contribution in [3.05, 3.63) is 65.5 Å². The van der Waals surface area contributed by atoms with Crippen molar-refractivity contribution in [1.82, 2.24) is 10.2 Å². The predicted octanol–water partition coefficient (Wildman–Crippen LogP) is 2.10. The summed E-state index contributed by atoms with van der Waals surface area (Å²) in [6.45, 7) is 0.270. The molecule has 3 N–H and O–H groups in total. The highest BCUT2D eigenvalue weighted by atomic mass is 32.2. The molecular formula is C22H20FN5O3S. The highest BCUT2D eigenvalue weighted by molar-refractivity contribution is 8.14. The summed E-state index contributed by atoms with van der Waals surface area (Å²) >= 11 is 1.08. The van der Waals surface area contributed by atoms with Gasteiger partial charge in [0.15, 0.2) is 5.17 Å². The number of aliphatic imine (C=N–C) groups is 2. The quantitative estimate of drug-likeness (QED) is 0.668. The van der Waals surface area contributed by atoms with Crippen LogP contribution in [0.3, 0.4) is 0 Å². The van der Waals surface area contributed by atoms with E-state index in [1.165, 1.54) is 17.0 Å². The number of amides is 3. The average Bonchev–Trinajstić information content (AvgIpc) is 3.12. The highest BCUT2D eigenvalue weighted by Crippen LogP contribution is 2.34. The molecule has 0 saturated carbocycles. The van der Waals surface area contributed by atoms with Gasteiger partial charge in [0.1, 0.15) is 17.7 Å². The zero-order valence-corrected chi connectivity index (χ0v) is 17.8. The molecule has 0 spiro atoms. The van der Waals surface area contributed by atoms with E-state index in [4.69, 9.17) is 5.73 Å². The molecule has 0 aromatic heterocycles. The number of carbonyl (C=O) groups is 3. The molecule has 0 bridgehead atoms. The van der Waals surface area contributed by atoms with Gasteiger partial charge in [0.05, 0.1) is 11.4 Å². The zero-order chi connectivity index (χ0) is 22.7. The van der Waals surface area contributed by atoms with Crippen molar-refractivity contribution < 1.29 is 18.8 Å². The monoisotopic (exact) mass is 453 g/mol. The fourth-order valence-electron chi connectivity index (χ4n) is 3.38. The minimum absolute atomic E-state index is 0.0193. The smallest absolute Gasteiger partial charge is 0.259 e. The molecule has 4 rings (SSSR count). The number of nitrogens with two attached hydrogens (primary N) is 1. The predicted molar refractivity (Wildman–Crippen MR) is 120 cm³/mol. The van der Waals surface area contributed by atoms with Gasteiger partial charge in [0.2, 0.25) is 11.8 Å². The molecule has 10 heteroatoms. The molecule has 3 amide bonds. The van der Waals surface area contributed by atoms with Crippen LogP contribution in [-0.4, -0.2) is 45.4 Å². The number of nitrogens with one attached hydrogen (secondary N) is 1. The number of halogens is 1. The van der Waals surface area contributed by atoms with Gasteiger partial charge in [-0.1, -0.05) is 36.0 Å². The van der Waals surface area contributed by atoms with E-state index in [0.717, 1.165) is 17.3 Å². The zero-order valence-electron chi connectivity index (χ0n) is 17.0. The molecule has 0 saturated heterocycles. The minimum atomic E-state index is -0.730. The van der Waals surface area contributed by atoms with Gasteiger partial charge in [-0.3, -0.25) is 19.4 Å². The van der Waals surface area contributed by atoms with Crippen LogP contribution in [0.25, 0.3) is 0 Å². The van der Waals surface area contributed by atoms with Crippen LogP contribution < -0.4 is 11.1 Å². The molecule has 2 aromatic rings. The Bertz CT molecular complexity index is 1130. The van der Waals surface area contributed by atoms with Crippen LogP contribution in [0.5, 0.6) is 0 Å². The van der Waals surface area contributed by atoms with Crippen LogP contribution in [0.4, 0.5) is 10.1 Å². The number of fused-ring (bicyclic) bond motifs is 3. The summed E-state index contributed by atoms with van der Waals surface area (Å²) in [6.07, 6.45) is 0.328. The van der Waals surface area contributed by atoms with Crippen molar-refractivity contribution in [3.63, 3.8) is 0 Å². The third kappa shape index (κ3) is 4.70. The number of hydrogen-bond acceptors (Lipinski definition) is 6. The standard InChI is InChI=1S/C22H20FN5O3S/c23-14-7-5-13(6-8-14)11-25-19(30)10-9-17-21(31)28-20(26-17)15-3-1-2-4-16(15)27-22(28)32-12-18(24)29/h1-8,17H,9-12H2,(H2,24,29)(H,25,30)/t17-/m0/s1. The Labute approximate surface area is 187 Å². The molecule has 164 valence electrons. The number of benzene rings is 2. The molecule has 0 fully saturated rings. The van der Waals surface area contributed by atoms with E-state index in [1.807, 2.05) is 18.2 Å².